The van der Waals surface area contributed by atoms with Crippen LogP contribution in [0.4, 0.5) is 0 Å². The zero-order valence-electron chi connectivity index (χ0n) is 14.2. The molecule has 0 aromatic carbocycles. The first-order chi connectivity index (χ1) is 12.6. The van der Waals surface area contributed by atoms with Crippen molar-refractivity contribution in [2.24, 2.45) is 0 Å². The number of nitriles is 1. The molecule has 0 spiro atoms. The van der Waals surface area contributed by atoms with Crippen LogP contribution in [0.5, 0.6) is 5.88 Å². The van der Waals surface area contributed by atoms with E-state index < -0.39 is 5.97 Å². The molecule has 0 unspecified atom stereocenters. The van der Waals surface area contributed by atoms with Gasteiger partial charge in [-0.05, 0) is 29.9 Å². The Labute approximate surface area is 154 Å². The van der Waals surface area contributed by atoms with E-state index in [2.05, 4.69) is 15.6 Å². The summed E-state index contributed by atoms with van der Waals surface area (Å²) in [4.78, 5) is 15.8. The third kappa shape index (κ3) is 2.54. The largest absolute Gasteiger partial charge is 0.480 e. The van der Waals surface area contributed by atoms with Crippen molar-refractivity contribution in [3.05, 3.63) is 34.3 Å². The molecule has 1 fully saturated rings. The third-order valence-electron chi connectivity index (χ3n) is 4.97. The number of ether oxygens (including phenoxy) is 1. The van der Waals surface area contributed by atoms with Crippen LogP contribution < -0.4 is 4.74 Å². The molecular weight excluding hydrogens is 350 g/mol. The molecule has 1 aliphatic rings. The summed E-state index contributed by atoms with van der Waals surface area (Å²) >= 11 is 1.19. The number of thiophene rings is 1. The van der Waals surface area contributed by atoms with Crippen molar-refractivity contribution in [2.45, 2.75) is 31.7 Å². The summed E-state index contributed by atoms with van der Waals surface area (Å²) in [5.41, 5.74) is 3.00. The molecule has 7 heteroatoms. The fourth-order valence-corrected chi connectivity index (χ4v) is 4.52. The molecule has 6 nitrogen and oxygen atoms in total. The second-order valence-electron chi connectivity index (χ2n) is 6.41. The molecule has 132 valence electrons. The molecule has 0 saturated heterocycles. The first-order valence-corrected chi connectivity index (χ1v) is 9.31. The number of fused-ring (bicyclic) bond motifs is 1. The Bertz CT molecular complexity index is 1040. The van der Waals surface area contributed by atoms with Gasteiger partial charge < -0.3 is 14.4 Å². The van der Waals surface area contributed by atoms with E-state index in [1.165, 1.54) is 24.2 Å². The molecule has 0 aliphatic heterocycles. The highest BCUT2D eigenvalue weighted by Gasteiger charge is 2.25. The van der Waals surface area contributed by atoms with Gasteiger partial charge in [0, 0.05) is 17.8 Å². The van der Waals surface area contributed by atoms with Crippen LogP contribution in [-0.2, 0) is 0 Å². The summed E-state index contributed by atoms with van der Waals surface area (Å²) in [6.07, 6.45) is 8.06. The van der Waals surface area contributed by atoms with Crippen LogP contribution in [0.25, 0.3) is 22.0 Å². The van der Waals surface area contributed by atoms with Crippen molar-refractivity contribution in [1.29, 1.82) is 5.26 Å². The average Bonchev–Trinajstić information content (AvgIpc) is 3.38. The van der Waals surface area contributed by atoms with E-state index in [0.29, 0.717) is 17.5 Å². The van der Waals surface area contributed by atoms with Crippen LogP contribution in [-0.4, -0.2) is 27.7 Å². The summed E-state index contributed by atoms with van der Waals surface area (Å²) in [6, 6.07) is 4.25. The summed E-state index contributed by atoms with van der Waals surface area (Å²) in [7, 11) is 1.56. The Morgan fingerprint density at radius 1 is 1.46 bits per heavy atom. The lowest BCUT2D eigenvalue weighted by atomic mass is 10.1. The summed E-state index contributed by atoms with van der Waals surface area (Å²) in [5, 5.41) is 21.4. The predicted molar refractivity (Wildman–Crippen MR) is 98.8 cm³/mol. The molecule has 0 bridgehead atoms. The van der Waals surface area contributed by atoms with Gasteiger partial charge >= 0.3 is 5.97 Å². The number of rotatable bonds is 4. The normalized spacial score (nSPS) is 14.6. The van der Waals surface area contributed by atoms with Gasteiger partial charge in [-0.25, -0.2) is 9.78 Å². The van der Waals surface area contributed by atoms with Crippen LogP contribution in [0.3, 0.4) is 0 Å². The van der Waals surface area contributed by atoms with Crippen LogP contribution in [0.1, 0.15) is 47.0 Å². The number of hydrogen-bond donors (Lipinski definition) is 1. The SMILES string of the molecule is COc1ncc(C#N)c2c1c(-c1csc(C(=O)O)c1)cn2C1CCCC1. The molecule has 4 rings (SSSR count). The molecular formula is C19H17N3O3S. The van der Waals surface area contributed by atoms with Crippen molar-refractivity contribution >= 4 is 28.2 Å². The van der Waals surface area contributed by atoms with Crippen LogP contribution >= 0.6 is 11.3 Å². The van der Waals surface area contributed by atoms with Crippen molar-refractivity contribution in [2.75, 3.05) is 7.11 Å². The second-order valence-corrected chi connectivity index (χ2v) is 7.32. The lowest BCUT2D eigenvalue weighted by molar-refractivity contribution is 0.0702. The van der Waals surface area contributed by atoms with E-state index in [-0.39, 0.29) is 4.88 Å². The van der Waals surface area contributed by atoms with Crippen molar-refractivity contribution < 1.29 is 14.6 Å². The van der Waals surface area contributed by atoms with Gasteiger partial charge in [-0.1, -0.05) is 12.8 Å². The van der Waals surface area contributed by atoms with Gasteiger partial charge in [0.25, 0.3) is 0 Å². The highest BCUT2D eigenvalue weighted by atomic mass is 32.1. The van der Waals surface area contributed by atoms with Crippen LogP contribution in [0.2, 0.25) is 0 Å². The Hall–Kier alpha value is -2.85. The molecule has 1 saturated carbocycles. The maximum atomic E-state index is 11.3. The van der Waals surface area contributed by atoms with Gasteiger partial charge in [0.15, 0.2) is 0 Å². The zero-order valence-corrected chi connectivity index (χ0v) is 15.0. The lowest BCUT2D eigenvalue weighted by Gasteiger charge is -2.14. The smallest absolute Gasteiger partial charge is 0.345 e. The standard InChI is InChI=1S/C19H17N3O3S/c1-25-18-16-14(11-6-15(19(23)24)26-10-11)9-22(13-4-2-3-5-13)17(16)12(7-20)8-21-18/h6,8-10,13H,2-5H2,1H3,(H,23,24). The minimum absolute atomic E-state index is 0.283. The summed E-state index contributed by atoms with van der Waals surface area (Å²) < 4.78 is 7.64. The monoisotopic (exact) mass is 367 g/mol. The fraction of sp³-hybridized carbons (Fsp3) is 0.316. The number of methoxy groups -OCH3 is 1. The first kappa shape index (κ1) is 16.6. The number of carbonyl (C=O) groups is 1. The number of aromatic nitrogens is 2. The van der Waals surface area contributed by atoms with Crippen molar-refractivity contribution in [3.63, 3.8) is 0 Å². The molecule has 3 heterocycles. The van der Waals surface area contributed by atoms with E-state index in [0.717, 1.165) is 34.9 Å². The third-order valence-corrected chi connectivity index (χ3v) is 5.88. The highest BCUT2D eigenvalue weighted by molar-refractivity contribution is 7.12. The van der Waals surface area contributed by atoms with Gasteiger partial charge in [-0.2, -0.15) is 5.26 Å². The molecule has 0 radical (unpaired) electrons. The summed E-state index contributed by atoms with van der Waals surface area (Å²) in [5.74, 6) is -0.489. The maximum absolute atomic E-state index is 11.3. The Kier molecular flexibility index (Phi) is 4.13. The number of carboxylic acids is 1. The Morgan fingerprint density at radius 2 is 2.23 bits per heavy atom. The zero-order chi connectivity index (χ0) is 18.3. The number of aromatic carboxylic acids is 1. The fourth-order valence-electron chi connectivity index (χ4n) is 3.78. The van der Waals surface area contributed by atoms with Gasteiger partial charge in [0.1, 0.15) is 10.9 Å². The number of hydrogen-bond acceptors (Lipinski definition) is 5. The molecule has 26 heavy (non-hydrogen) atoms. The van der Waals surface area contributed by atoms with Gasteiger partial charge in [0.05, 0.1) is 29.8 Å². The van der Waals surface area contributed by atoms with Gasteiger partial charge in [-0.3, -0.25) is 0 Å². The van der Waals surface area contributed by atoms with E-state index in [1.807, 2.05) is 11.6 Å². The van der Waals surface area contributed by atoms with Gasteiger partial charge in [-0.15, -0.1) is 11.3 Å². The predicted octanol–water partition coefficient (Wildman–Crippen LogP) is 4.46. The van der Waals surface area contributed by atoms with Crippen LogP contribution in [0.15, 0.2) is 23.8 Å². The quantitative estimate of drug-likeness (QED) is 0.735. The minimum atomic E-state index is -0.941. The van der Waals surface area contributed by atoms with E-state index in [4.69, 9.17) is 4.74 Å². The molecule has 0 atom stereocenters. The molecule has 1 aliphatic carbocycles. The maximum Gasteiger partial charge on any atom is 0.345 e. The highest BCUT2D eigenvalue weighted by Crippen LogP contribution is 2.42. The van der Waals surface area contributed by atoms with E-state index in [1.54, 1.807) is 19.4 Å². The summed E-state index contributed by atoms with van der Waals surface area (Å²) in [6.45, 7) is 0. The molecule has 1 N–H and O–H groups in total. The van der Waals surface area contributed by atoms with Crippen LogP contribution in [0, 0.1) is 11.3 Å². The van der Waals surface area contributed by atoms with E-state index in [9.17, 15) is 15.2 Å². The lowest BCUT2D eigenvalue weighted by Crippen LogP contribution is -2.04. The number of carboxylic acid groups (broad SMARTS) is 1. The topological polar surface area (TPSA) is 88.1 Å². The minimum Gasteiger partial charge on any atom is -0.480 e. The molecule has 3 aromatic rings. The Morgan fingerprint density at radius 3 is 2.85 bits per heavy atom. The molecule has 0 amide bonds. The Balaban J connectivity index is 2.02. The first-order valence-electron chi connectivity index (χ1n) is 8.44. The second kappa shape index (κ2) is 6.46. The molecule has 3 aromatic heterocycles. The van der Waals surface area contributed by atoms with E-state index >= 15 is 0 Å². The number of pyridine rings is 1. The number of nitrogens with zero attached hydrogens (tertiary/aromatic N) is 3. The average molecular weight is 367 g/mol. The van der Waals surface area contributed by atoms with Crippen molar-refractivity contribution in [1.82, 2.24) is 9.55 Å². The van der Waals surface area contributed by atoms with Gasteiger partial charge in [0.2, 0.25) is 5.88 Å². The van der Waals surface area contributed by atoms with Crippen molar-refractivity contribution in [3.8, 4) is 23.1 Å².